The molecule has 0 heterocycles. The summed E-state index contributed by atoms with van der Waals surface area (Å²) in [5.41, 5.74) is 6.06. The lowest BCUT2D eigenvalue weighted by atomic mass is 9.66. The monoisotopic (exact) mass is 338 g/mol. The van der Waals surface area contributed by atoms with Crippen LogP contribution in [0.25, 0.3) is 6.08 Å². The van der Waals surface area contributed by atoms with Gasteiger partial charge in [-0.05, 0) is 40.7 Å². The second kappa shape index (κ2) is 5.96. The molecule has 0 fully saturated rings. The third-order valence-corrected chi connectivity index (χ3v) is 6.21. The Kier molecular flexibility index (Phi) is 3.58. The fraction of sp³-hybridized carbons (Fsp3) is 0.200. The minimum atomic E-state index is -0.459. The molecule has 1 nitrogen and oxygen atoms in total. The highest BCUT2D eigenvalue weighted by atomic mass is 16.3. The molecule has 26 heavy (non-hydrogen) atoms. The first-order valence-electron chi connectivity index (χ1n) is 9.35. The second-order valence-electron chi connectivity index (χ2n) is 7.64. The minimum absolute atomic E-state index is 0.223. The molecular formula is C25H22O. The highest BCUT2D eigenvalue weighted by molar-refractivity contribution is 5.64. The Bertz CT molecular complexity index is 972. The number of fused-ring (bicyclic) bond motifs is 2. The maximum absolute atomic E-state index is 11.5. The largest absolute Gasteiger partial charge is 0.388 e. The van der Waals surface area contributed by atoms with Crippen LogP contribution >= 0.6 is 0 Å². The molecule has 1 N–H and O–H groups in total. The first kappa shape index (κ1) is 15.6. The molecular weight excluding hydrogens is 316 g/mol. The molecule has 0 aliphatic heterocycles. The molecule has 0 amide bonds. The van der Waals surface area contributed by atoms with Crippen LogP contribution in [0.4, 0.5) is 0 Å². The van der Waals surface area contributed by atoms with Crippen molar-refractivity contribution in [1.29, 1.82) is 0 Å². The normalized spacial score (nSPS) is 25.9. The molecule has 5 rings (SSSR count). The summed E-state index contributed by atoms with van der Waals surface area (Å²) in [7, 11) is 0. The molecule has 0 bridgehead atoms. The average Bonchev–Trinajstić information content (AvgIpc) is 3.23. The van der Waals surface area contributed by atoms with Gasteiger partial charge in [-0.3, -0.25) is 0 Å². The van der Waals surface area contributed by atoms with E-state index in [0.717, 1.165) is 18.4 Å². The van der Waals surface area contributed by atoms with Crippen LogP contribution in [0, 0.1) is 5.41 Å². The molecule has 128 valence electrons. The lowest BCUT2D eigenvalue weighted by Gasteiger charge is -2.39. The maximum Gasteiger partial charge on any atom is 0.0864 e. The molecule has 3 unspecified atom stereocenters. The zero-order valence-electron chi connectivity index (χ0n) is 14.7. The van der Waals surface area contributed by atoms with E-state index >= 15 is 0 Å². The fourth-order valence-electron chi connectivity index (χ4n) is 5.00. The first-order valence-corrected chi connectivity index (χ1v) is 9.35. The zero-order chi connectivity index (χ0) is 17.6. The number of aliphatic hydroxyl groups excluding tert-OH is 1. The van der Waals surface area contributed by atoms with Crippen molar-refractivity contribution in [2.75, 3.05) is 0 Å². The summed E-state index contributed by atoms with van der Waals surface area (Å²) in [5, 5.41) is 11.5. The van der Waals surface area contributed by atoms with Gasteiger partial charge in [-0.15, -0.1) is 0 Å². The fourth-order valence-corrected chi connectivity index (χ4v) is 5.00. The van der Waals surface area contributed by atoms with Crippen LogP contribution in [0.3, 0.4) is 0 Å². The Morgan fingerprint density at radius 2 is 1.50 bits per heavy atom. The van der Waals surface area contributed by atoms with E-state index in [0.29, 0.717) is 0 Å². The molecule has 0 spiro atoms. The predicted octanol–water partition coefficient (Wildman–Crippen LogP) is 5.32. The van der Waals surface area contributed by atoms with Gasteiger partial charge in [0.2, 0.25) is 0 Å². The lowest BCUT2D eigenvalue weighted by molar-refractivity contribution is 0.0279. The van der Waals surface area contributed by atoms with Gasteiger partial charge in [0, 0.05) is 11.3 Å². The topological polar surface area (TPSA) is 20.2 Å². The van der Waals surface area contributed by atoms with Crippen LogP contribution in [0.5, 0.6) is 0 Å². The van der Waals surface area contributed by atoms with E-state index in [2.05, 4.69) is 84.9 Å². The third-order valence-electron chi connectivity index (χ3n) is 6.21. The Morgan fingerprint density at radius 3 is 2.31 bits per heavy atom. The van der Waals surface area contributed by atoms with Gasteiger partial charge in [-0.1, -0.05) is 91.0 Å². The van der Waals surface area contributed by atoms with E-state index < -0.39 is 6.10 Å². The van der Waals surface area contributed by atoms with E-state index in [1.165, 1.54) is 22.3 Å². The average molecular weight is 338 g/mol. The van der Waals surface area contributed by atoms with Crippen LogP contribution in [0.15, 0.2) is 84.9 Å². The van der Waals surface area contributed by atoms with Crippen molar-refractivity contribution in [2.24, 2.45) is 5.41 Å². The summed E-state index contributed by atoms with van der Waals surface area (Å²) < 4.78 is 0. The molecule has 1 heteroatoms. The van der Waals surface area contributed by atoms with Crippen molar-refractivity contribution in [1.82, 2.24) is 0 Å². The zero-order valence-corrected chi connectivity index (χ0v) is 14.7. The van der Waals surface area contributed by atoms with Crippen molar-refractivity contribution in [2.45, 2.75) is 24.9 Å². The van der Waals surface area contributed by atoms with Gasteiger partial charge in [-0.2, -0.15) is 0 Å². The maximum atomic E-state index is 11.5. The number of hydrogen-bond donors (Lipinski definition) is 1. The number of hydrogen-bond acceptors (Lipinski definition) is 1. The lowest BCUT2D eigenvalue weighted by Crippen LogP contribution is -2.34. The van der Waals surface area contributed by atoms with E-state index in [4.69, 9.17) is 0 Å². The quantitative estimate of drug-likeness (QED) is 0.685. The minimum Gasteiger partial charge on any atom is -0.388 e. The third kappa shape index (κ3) is 2.28. The van der Waals surface area contributed by atoms with E-state index in [9.17, 15) is 5.11 Å². The molecule has 3 aromatic carbocycles. The molecule has 0 aromatic heterocycles. The molecule has 0 saturated carbocycles. The Labute approximate surface area is 154 Å². The van der Waals surface area contributed by atoms with Crippen molar-refractivity contribution in [3.63, 3.8) is 0 Å². The number of allylic oxidation sites excluding steroid dienone is 1. The Hall–Kier alpha value is -2.64. The molecule has 0 saturated heterocycles. The molecule has 0 radical (unpaired) electrons. The smallest absolute Gasteiger partial charge is 0.0864 e. The van der Waals surface area contributed by atoms with Gasteiger partial charge < -0.3 is 5.11 Å². The molecule has 3 atom stereocenters. The van der Waals surface area contributed by atoms with Crippen molar-refractivity contribution >= 4 is 6.08 Å². The van der Waals surface area contributed by atoms with Crippen molar-refractivity contribution < 1.29 is 5.11 Å². The predicted molar refractivity (Wildman–Crippen MR) is 106 cm³/mol. The summed E-state index contributed by atoms with van der Waals surface area (Å²) >= 11 is 0. The first-order chi connectivity index (χ1) is 12.8. The molecule has 3 aromatic rings. The Morgan fingerprint density at radius 1 is 0.808 bits per heavy atom. The second-order valence-corrected chi connectivity index (χ2v) is 7.64. The van der Waals surface area contributed by atoms with E-state index in [1.54, 1.807) is 0 Å². The highest BCUT2D eigenvalue weighted by Crippen LogP contribution is 2.58. The number of aliphatic hydroxyl groups is 1. The van der Waals surface area contributed by atoms with Crippen molar-refractivity contribution in [3.8, 4) is 0 Å². The van der Waals surface area contributed by atoms with Gasteiger partial charge in [0.1, 0.15) is 0 Å². The SMILES string of the molecule is OC1c2ccccc2CC1(Cc1ccccc1)C1C=Cc2ccccc21. The Balaban J connectivity index is 1.65. The summed E-state index contributed by atoms with van der Waals surface area (Å²) in [4.78, 5) is 0. The van der Waals surface area contributed by atoms with E-state index in [1.807, 2.05) is 6.07 Å². The van der Waals surface area contributed by atoms with Crippen LogP contribution in [-0.2, 0) is 12.8 Å². The molecule has 2 aliphatic rings. The van der Waals surface area contributed by atoms with Gasteiger partial charge >= 0.3 is 0 Å². The van der Waals surface area contributed by atoms with Gasteiger partial charge in [-0.25, -0.2) is 0 Å². The summed E-state index contributed by atoms with van der Waals surface area (Å²) in [6.07, 6.45) is 5.85. The summed E-state index contributed by atoms with van der Waals surface area (Å²) in [5.74, 6) is 0.223. The standard InChI is InChI=1S/C25H22O/c26-24-22-13-7-5-11-20(22)17-25(24,16-18-8-2-1-3-9-18)23-15-14-19-10-4-6-12-21(19)23/h1-15,23-24,26H,16-17H2. The van der Waals surface area contributed by atoms with Gasteiger partial charge in [0.25, 0.3) is 0 Å². The van der Waals surface area contributed by atoms with Gasteiger partial charge in [0.15, 0.2) is 0 Å². The van der Waals surface area contributed by atoms with Crippen molar-refractivity contribution in [3.05, 3.63) is 113 Å². The van der Waals surface area contributed by atoms with Crippen LogP contribution in [0.1, 0.15) is 39.8 Å². The number of rotatable bonds is 3. The van der Waals surface area contributed by atoms with E-state index in [-0.39, 0.29) is 11.3 Å². The highest BCUT2D eigenvalue weighted by Gasteiger charge is 2.51. The van der Waals surface area contributed by atoms with Crippen LogP contribution in [-0.4, -0.2) is 5.11 Å². The van der Waals surface area contributed by atoms with Gasteiger partial charge in [0.05, 0.1) is 6.10 Å². The summed E-state index contributed by atoms with van der Waals surface area (Å²) in [6, 6.07) is 27.6. The van der Waals surface area contributed by atoms with Crippen LogP contribution < -0.4 is 0 Å². The van der Waals surface area contributed by atoms with Crippen LogP contribution in [0.2, 0.25) is 0 Å². The summed E-state index contributed by atoms with van der Waals surface area (Å²) in [6.45, 7) is 0. The molecule has 2 aliphatic carbocycles. The number of benzene rings is 3.